The minimum atomic E-state index is 0. The van der Waals surface area contributed by atoms with Gasteiger partial charge < -0.3 is 11.0 Å². The highest BCUT2D eigenvalue weighted by molar-refractivity contribution is 6.35. The summed E-state index contributed by atoms with van der Waals surface area (Å²) < 4.78 is 0. The summed E-state index contributed by atoms with van der Waals surface area (Å²) in [6, 6.07) is 14.5. The van der Waals surface area contributed by atoms with Crippen LogP contribution in [0.5, 0.6) is 0 Å². The van der Waals surface area contributed by atoms with Crippen LogP contribution in [-0.4, -0.2) is 18.8 Å². The first-order valence-electron chi connectivity index (χ1n) is 5.10. The number of aryl methyl sites for hydroxylation is 2. The van der Waals surface area contributed by atoms with E-state index in [4.69, 9.17) is 7.85 Å². The van der Waals surface area contributed by atoms with E-state index in [2.05, 4.69) is 38.1 Å². The van der Waals surface area contributed by atoms with Crippen LogP contribution in [-0.2, 0) is 0 Å². The van der Waals surface area contributed by atoms with Gasteiger partial charge in [-0.05, 0) is 25.0 Å². The molecule has 88 valence electrons. The smallest absolute Gasteiger partial charge is 0.114 e. The fourth-order valence-electron chi connectivity index (χ4n) is 1.89. The van der Waals surface area contributed by atoms with Crippen molar-refractivity contribution < 1.29 is 11.0 Å². The molecule has 0 atom stereocenters. The second kappa shape index (κ2) is 6.23. The first-order valence-corrected chi connectivity index (χ1v) is 5.10. The lowest BCUT2D eigenvalue weighted by atomic mass is 9.86. The van der Waals surface area contributed by atoms with Gasteiger partial charge >= 0.3 is 0 Å². The lowest BCUT2D eigenvalue weighted by molar-refractivity contribution is 0.823. The van der Waals surface area contributed by atoms with Gasteiger partial charge in [-0.15, -0.1) is 0 Å². The minimum Gasteiger partial charge on any atom is -0.412 e. The van der Waals surface area contributed by atoms with E-state index in [-0.39, 0.29) is 11.0 Å². The van der Waals surface area contributed by atoms with Crippen molar-refractivity contribution in [3.8, 4) is 11.1 Å². The third kappa shape index (κ3) is 3.44. The molecular formula is C14H17BO2. The van der Waals surface area contributed by atoms with Crippen molar-refractivity contribution in [1.29, 1.82) is 0 Å². The van der Waals surface area contributed by atoms with Crippen LogP contribution < -0.4 is 5.46 Å². The molecule has 2 radical (unpaired) electrons. The molecule has 2 aromatic carbocycles. The van der Waals surface area contributed by atoms with Crippen LogP contribution in [0.15, 0.2) is 42.5 Å². The van der Waals surface area contributed by atoms with Gasteiger partial charge in [-0.1, -0.05) is 59.1 Å². The van der Waals surface area contributed by atoms with Gasteiger partial charge in [-0.2, -0.15) is 0 Å². The summed E-state index contributed by atoms with van der Waals surface area (Å²) in [7, 11) is 5.95. The summed E-state index contributed by atoms with van der Waals surface area (Å²) in [5.41, 5.74) is 5.69. The Hall–Kier alpha value is -1.58. The lowest BCUT2D eigenvalue weighted by Gasteiger charge is -2.08. The maximum Gasteiger partial charge on any atom is 0.114 e. The molecule has 3 heteroatoms. The zero-order chi connectivity index (χ0) is 10.8. The minimum absolute atomic E-state index is 0. The average Bonchev–Trinajstić information content (AvgIpc) is 2.16. The molecule has 2 rings (SSSR count). The molecule has 0 aliphatic heterocycles. The van der Waals surface area contributed by atoms with E-state index < -0.39 is 0 Å². The van der Waals surface area contributed by atoms with Gasteiger partial charge in [0.05, 0.1) is 0 Å². The predicted octanol–water partition coefficient (Wildman–Crippen LogP) is 1.11. The van der Waals surface area contributed by atoms with Crippen molar-refractivity contribution in [2.45, 2.75) is 13.8 Å². The van der Waals surface area contributed by atoms with Gasteiger partial charge in [0.15, 0.2) is 0 Å². The first kappa shape index (κ1) is 15.4. The molecule has 0 heterocycles. The summed E-state index contributed by atoms with van der Waals surface area (Å²) >= 11 is 0. The van der Waals surface area contributed by atoms with E-state index in [0.29, 0.717) is 0 Å². The summed E-state index contributed by atoms with van der Waals surface area (Å²) in [6.45, 7) is 4.21. The van der Waals surface area contributed by atoms with Gasteiger partial charge in [0.1, 0.15) is 7.85 Å². The van der Waals surface area contributed by atoms with Crippen LogP contribution in [0.3, 0.4) is 0 Å². The standard InChI is InChI=1S/C14H13B.2H2O/c1-10-7-11(2)9-12(8-10)13-5-3-4-6-14(13)15;;/h3-9H,1-2H3;2*1H2. The molecule has 0 aromatic heterocycles. The van der Waals surface area contributed by atoms with Crippen molar-refractivity contribution >= 4 is 13.3 Å². The lowest BCUT2D eigenvalue weighted by Crippen LogP contribution is -2.05. The van der Waals surface area contributed by atoms with Crippen molar-refractivity contribution in [3.05, 3.63) is 53.6 Å². The molecule has 0 fully saturated rings. The third-order valence-electron chi connectivity index (χ3n) is 2.49. The van der Waals surface area contributed by atoms with E-state index in [1.54, 1.807) is 0 Å². The monoisotopic (exact) mass is 228 g/mol. The summed E-state index contributed by atoms with van der Waals surface area (Å²) in [5.74, 6) is 0. The molecule has 17 heavy (non-hydrogen) atoms. The highest BCUT2D eigenvalue weighted by Crippen LogP contribution is 2.19. The van der Waals surface area contributed by atoms with Gasteiger partial charge in [0, 0.05) is 0 Å². The Morgan fingerprint density at radius 3 is 1.88 bits per heavy atom. The van der Waals surface area contributed by atoms with Crippen LogP contribution in [0, 0.1) is 13.8 Å². The molecule has 2 aromatic rings. The van der Waals surface area contributed by atoms with Crippen LogP contribution in [0.2, 0.25) is 0 Å². The van der Waals surface area contributed by atoms with Gasteiger partial charge in [-0.25, -0.2) is 0 Å². The Bertz CT molecular complexity index is 475. The maximum absolute atomic E-state index is 5.95. The van der Waals surface area contributed by atoms with Crippen molar-refractivity contribution in [1.82, 2.24) is 0 Å². The Balaban J connectivity index is 0.00000128. The Labute approximate surface area is 103 Å². The zero-order valence-corrected chi connectivity index (χ0v) is 10.1. The molecule has 0 aliphatic rings. The highest BCUT2D eigenvalue weighted by atomic mass is 16.0. The normalized spacial score (nSPS) is 9.06. The second-order valence-electron chi connectivity index (χ2n) is 3.96. The Kier molecular flexibility index (Phi) is 5.65. The number of hydrogen-bond donors (Lipinski definition) is 0. The van der Waals surface area contributed by atoms with Crippen molar-refractivity contribution in [3.63, 3.8) is 0 Å². The number of hydrogen-bond acceptors (Lipinski definition) is 0. The molecule has 0 saturated carbocycles. The van der Waals surface area contributed by atoms with E-state index in [9.17, 15) is 0 Å². The van der Waals surface area contributed by atoms with Gasteiger partial charge in [-0.3, -0.25) is 0 Å². The Morgan fingerprint density at radius 1 is 0.824 bits per heavy atom. The van der Waals surface area contributed by atoms with E-state index >= 15 is 0 Å². The van der Waals surface area contributed by atoms with Crippen LogP contribution in [0.1, 0.15) is 11.1 Å². The second-order valence-corrected chi connectivity index (χ2v) is 3.96. The largest absolute Gasteiger partial charge is 0.412 e. The predicted molar refractivity (Wildman–Crippen MR) is 74.0 cm³/mol. The van der Waals surface area contributed by atoms with E-state index in [0.717, 1.165) is 11.0 Å². The van der Waals surface area contributed by atoms with Crippen LogP contribution in [0.4, 0.5) is 0 Å². The average molecular weight is 228 g/mol. The van der Waals surface area contributed by atoms with Gasteiger partial charge in [0.25, 0.3) is 0 Å². The van der Waals surface area contributed by atoms with Crippen LogP contribution in [0.25, 0.3) is 11.1 Å². The molecule has 0 bridgehead atoms. The molecule has 0 unspecified atom stereocenters. The fourth-order valence-corrected chi connectivity index (χ4v) is 1.89. The summed E-state index contributed by atoms with van der Waals surface area (Å²) in [5, 5.41) is 0. The van der Waals surface area contributed by atoms with Gasteiger partial charge in [0.2, 0.25) is 0 Å². The maximum atomic E-state index is 5.95. The number of benzene rings is 2. The van der Waals surface area contributed by atoms with Crippen molar-refractivity contribution in [2.75, 3.05) is 0 Å². The highest BCUT2D eigenvalue weighted by Gasteiger charge is 2.01. The number of rotatable bonds is 1. The fraction of sp³-hybridized carbons (Fsp3) is 0.143. The summed E-state index contributed by atoms with van der Waals surface area (Å²) in [4.78, 5) is 0. The Morgan fingerprint density at radius 2 is 1.35 bits per heavy atom. The van der Waals surface area contributed by atoms with Crippen molar-refractivity contribution in [2.24, 2.45) is 0 Å². The first-order chi connectivity index (χ1) is 7.16. The molecule has 0 spiro atoms. The molecular weight excluding hydrogens is 211 g/mol. The molecule has 0 aliphatic carbocycles. The molecule has 4 N–H and O–H groups in total. The summed E-state index contributed by atoms with van der Waals surface area (Å²) in [6.07, 6.45) is 0. The topological polar surface area (TPSA) is 63.0 Å². The van der Waals surface area contributed by atoms with E-state index in [1.807, 2.05) is 18.2 Å². The molecule has 0 amide bonds. The molecule has 0 saturated heterocycles. The molecule has 2 nitrogen and oxygen atoms in total. The zero-order valence-electron chi connectivity index (χ0n) is 10.1. The quantitative estimate of drug-likeness (QED) is 0.656. The van der Waals surface area contributed by atoms with E-state index in [1.165, 1.54) is 16.7 Å². The van der Waals surface area contributed by atoms with Crippen LogP contribution >= 0.6 is 0 Å². The third-order valence-corrected chi connectivity index (χ3v) is 2.49. The SMILES string of the molecule is O.O.[B]c1ccccc1-c1cc(C)cc(C)c1.